The lowest BCUT2D eigenvalue weighted by Gasteiger charge is -2.06. The zero-order valence-corrected chi connectivity index (χ0v) is 13.2. The Labute approximate surface area is 128 Å². The van der Waals surface area contributed by atoms with E-state index in [-0.39, 0.29) is 0 Å². The molecule has 1 N–H and O–H groups in total. The molecular formula is C16H20N4S. The van der Waals surface area contributed by atoms with Crippen LogP contribution < -0.4 is 5.32 Å². The summed E-state index contributed by atoms with van der Waals surface area (Å²) in [7, 11) is 0. The van der Waals surface area contributed by atoms with Gasteiger partial charge in [0.1, 0.15) is 10.7 Å². The van der Waals surface area contributed by atoms with Crippen molar-refractivity contribution in [3.8, 4) is 0 Å². The third kappa shape index (κ3) is 3.31. The quantitative estimate of drug-likeness (QED) is 0.759. The predicted octanol–water partition coefficient (Wildman–Crippen LogP) is 3.29. The van der Waals surface area contributed by atoms with Crippen LogP contribution in [0.3, 0.4) is 0 Å². The molecule has 0 aromatic carbocycles. The Morgan fingerprint density at radius 3 is 2.95 bits per heavy atom. The summed E-state index contributed by atoms with van der Waals surface area (Å²) in [6.07, 6.45) is 5.91. The van der Waals surface area contributed by atoms with E-state index in [0.29, 0.717) is 5.92 Å². The minimum absolute atomic E-state index is 0.659. The summed E-state index contributed by atoms with van der Waals surface area (Å²) in [6, 6.07) is 4.15. The highest BCUT2D eigenvalue weighted by Gasteiger charge is 2.10. The average molecular weight is 300 g/mol. The first-order valence-electron chi connectivity index (χ1n) is 7.26. The lowest BCUT2D eigenvalue weighted by Crippen LogP contribution is -2.18. The van der Waals surface area contributed by atoms with Gasteiger partial charge >= 0.3 is 0 Å². The number of fused-ring (bicyclic) bond motifs is 1. The highest BCUT2D eigenvalue weighted by Crippen LogP contribution is 2.21. The summed E-state index contributed by atoms with van der Waals surface area (Å²) < 4.78 is 2.19. The van der Waals surface area contributed by atoms with Crippen LogP contribution in [-0.2, 0) is 13.1 Å². The summed E-state index contributed by atoms with van der Waals surface area (Å²) in [5, 5.41) is 7.86. The van der Waals surface area contributed by atoms with Crippen molar-refractivity contribution >= 4 is 22.4 Å². The van der Waals surface area contributed by atoms with Crippen LogP contribution in [0.15, 0.2) is 36.1 Å². The molecule has 3 aromatic heterocycles. The van der Waals surface area contributed by atoms with Gasteiger partial charge in [-0.1, -0.05) is 13.8 Å². The predicted molar refractivity (Wildman–Crippen MR) is 87.5 cm³/mol. The van der Waals surface area contributed by atoms with Crippen molar-refractivity contribution in [2.75, 3.05) is 6.54 Å². The molecule has 21 heavy (non-hydrogen) atoms. The first-order valence-corrected chi connectivity index (χ1v) is 8.14. The van der Waals surface area contributed by atoms with Crippen molar-refractivity contribution in [1.29, 1.82) is 0 Å². The van der Waals surface area contributed by atoms with Gasteiger partial charge in [0.15, 0.2) is 0 Å². The van der Waals surface area contributed by atoms with E-state index in [4.69, 9.17) is 0 Å². The van der Waals surface area contributed by atoms with Crippen molar-refractivity contribution in [2.45, 2.75) is 26.9 Å². The fourth-order valence-corrected chi connectivity index (χ4v) is 3.04. The van der Waals surface area contributed by atoms with Crippen LogP contribution in [0.1, 0.15) is 24.4 Å². The first-order chi connectivity index (χ1) is 10.2. The molecule has 0 aliphatic heterocycles. The van der Waals surface area contributed by atoms with Crippen molar-refractivity contribution in [1.82, 2.24) is 19.9 Å². The van der Waals surface area contributed by atoms with E-state index in [1.165, 1.54) is 10.9 Å². The summed E-state index contributed by atoms with van der Waals surface area (Å²) in [5.41, 5.74) is 2.34. The monoisotopic (exact) mass is 300 g/mol. The number of nitrogens with zero attached hydrogens (tertiary/aromatic N) is 3. The minimum Gasteiger partial charge on any atom is -0.325 e. The molecule has 0 aliphatic rings. The molecule has 0 amide bonds. The normalized spacial score (nSPS) is 11.6. The van der Waals surface area contributed by atoms with Gasteiger partial charge in [0.2, 0.25) is 0 Å². The summed E-state index contributed by atoms with van der Waals surface area (Å²) in [5.74, 6) is 0.659. The second-order valence-electron chi connectivity index (χ2n) is 5.61. The molecule has 0 radical (unpaired) electrons. The molecule has 0 atom stereocenters. The third-order valence-corrected chi connectivity index (χ3v) is 4.14. The van der Waals surface area contributed by atoms with E-state index in [9.17, 15) is 0 Å². The van der Waals surface area contributed by atoms with Gasteiger partial charge in [-0.3, -0.25) is 0 Å². The maximum atomic E-state index is 4.54. The maximum absolute atomic E-state index is 4.54. The van der Waals surface area contributed by atoms with Crippen molar-refractivity contribution in [3.05, 3.63) is 46.7 Å². The van der Waals surface area contributed by atoms with Gasteiger partial charge in [-0.25, -0.2) is 9.97 Å². The van der Waals surface area contributed by atoms with Gasteiger partial charge in [-0.15, -0.1) is 11.3 Å². The van der Waals surface area contributed by atoms with Crippen LogP contribution in [0, 0.1) is 5.92 Å². The second-order valence-corrected chi connectivity index (χ2v) is 6.59. The Morgan fingerprint density at radius 1 is 1.29 bits per heavy atom. The van der Waals surface area contributed by atoms with Crippen molar-refractivity contribution in [2.24, 2.45) is 5.92 Å². The Morgan fingerprint density at radius 2 is 2.19 bits per heavy atom. The molecule has 3 heterocycles. The Balaban J connectivity index is 1.86. The van der Waals surface area contributed by atoms with E-state index in [2.05, 4.69) is 46.0 Å². The molecule has 0 bridgehead atoms. The molecule has 0 unspecified atom stereocenters. The van der Waals surface area contributed by atoms with Gasteiger partial charge < -0.3 is 9.88 Å². The smallest absolute Gasteiger partial charge is 0.140 e. The number of pyridine rings is 1. The first kappa shape index (κ1) is 14.2. The van der Waals surface area contributed by atoms with Crippen molar-refractivity contribution in [3.63, 3.8) is 0 Å². The molecule has 3 aromatic rings. The number of aromatic nitrogens is 3. The van der Waals surface area contributed by atoms with E-state index < -0.39 is 0 Å². The van der Waals surface area contributed by atoms with Gasteiger partial charge in [0.05, 0.1) is 6.54 Å². The maximum Gasteiger partial charge on any atom is 0.140 e. The molecule has 0 saturated heterocycles. The Bertz CT molecular complexity index is 700. The van der Waals surface area contributed by atoms with E-state index in [0.717, 1.165) is 30.3 Å². The highest BCUT2D eigenvalue weighted by molar-refractivity contribution is 7.09. The molecule has 4 nitrogen and oxygen atoms in total. The second kappa shape index (κ2) is 6.37. The minimum atomic E-state index is 0.659. The number of rotatable bonds is 6. The van der Waals surface area contributed by atoms with Crippen molar-refractivity contribution < 1.29 is 0 Å². The Hall–Kier alpha value is -1.72. The highest BCUT2D eigenvalue weighted by atomic mass is 32.1. The van der Waals surface area contributed by atoms with E-state index >= 15 is 0 Å². The number of hydrogen-bond donors (Lipinski definition) is 1. The zero-order valence-electron chi connectivity index (χ0n) is 12.4. The summed E-state index contributed by atoms with van der Waals surface area (Å²) in [6.45, 7) is 7.14. The van der Waals surface area contributed by atoms with E-state index in [1.54, 1.807) is 11.3 Å². The fourth-order valence-electron chi connectivity index (χ4n) is 2.43. The molecule has 110 valence electrons. The average Bonchev–Trinajstić information content (AvgIpc) is 3.09. The van der Waals surface area contributed by atoms with Crippen LogP contribution >= 0.6 is 11.3 Å². The molecule has 3 rings (SSSR count). The number of thiazole rings is 1. The molecule has 0 aliphatic carbocycles. The third-order valence-electron chi connectivity index (χ3n) is 3.37. The summed E-state index contributed by atoms with van der Waals surface area (Å²) in [4.78, 5) is 8.90. The van der Waals surface area contributed by atoms with Gasteiger partial charge in [0, 0.05) is 35.9 Å². The van der Waals surface area contributed by atoms with Crippen LogP contribution in [-0.4, -0.2) is 21.1 Å². The number of nitrogens with one attached hydrogen (secondary N) is 1. The van der Waals surface area contributed by atoms with Gasteiger partial charge in [-0.05, 0) is 30.2 Å². The molecule has 5 heteroatoms. The standard InChI is InChI=1S/C16H20N4S/c1-12(2)8-17-9-13-10-20(11-15-18-6-7-21-15)16-14(13)4-3-5-19-16/h3-7,10,12,17H,8-9,11H2,1-2H3. The van der Waals surface area contributed by atoms with Crippen LogP contribution in [0.25, 0.3) is 11.0 Å². The zero-order chi connectivity index (χ0) is 14.7. The Kier molecular flexibility index (Phi) is 4.31. The van der Waals surface area contributed by atoms with Crippen LogP contribution in [0.4, 0.5) is 0 Å². The van der Waals surface area contributed by atoms with Gasteiger partial charge in [-0.2, -0.15) is 0 Å². The number of hydrogen-bond acceptors (Lipinski definition) is 4. The molecule has 0 fully saturated rings. The lowest BCUT2D eigenvalue weighted by molar-refractivity contribution is 0.553. The van der Waals surface area contributed by atoms with E-state index in [1.807, 2.05) is 23.8 Å². The topological polar surface area (TPSA) is 42.7 Å². The largest absolute Gasteiger partial charge is 0.325 e. The van der Waals surface area contributed by atoms with Crippen LogP contribution in [0.5, 0.6) is 0 Å². The molecule has 0 saturated carbocycles. The molecular weight excluding hydrogens is 280 g/mol. The lowest BCUT2D eigenvalue weighted by atomic mass is 10.2. The van der Waals surface area contributed by atoms with Gasteiger partial charge in [0.25, 0.3) is 0 Å². The SMILES string of the molecule is CC(C)CNCc1cn(Cc2nccs2)c2ncccc12. The van der Waals surface area contributed by atoms with Crippen LogP contribution in [0.2, 0.25) is 0 Å². The molecule has 0 spiro atoms. The summed E-state index contributed by atoms with van der Waals surface area (Å²) >= 11 is 1.68. The fraction of sp³-hybridized carbons (Fsp3) is 0.375.